The van der Waals surface area contributed by atoms with Gasteiger partial charge in [0.15, 0.2) is 0 Å². The minimum atomic E-state index is 0. The van der Waals surface area contributed by atoms with Gasteiger partial charge in [0.25, 0.3) is 0 Å². The number of nitrogens with zero attached hydrogens (tertiary/aromatic N) is 1. The Hall–Kier alpha value is -1.00. The summed E-state index contributed by atoms with van der Waals surface area (Å²) >= 11 is 0. The molecule has 1 atom stereocenters. The second-order valence-electron chi connectivity index (χ2n) is 5.75. The lowest BCUT2D eigenvalue weighted by Crippen LogP contribution is -2.45. The van der Waals surface area contributed by atoms with Crippen LogP contribution in [0.2, 0.25) is 0 Å². The van der Waals surface area contributed by atoms with E-state index >= 15 is 0 Å². The molecule has 3 nitrogen and oxygen atoms in total. The van der Waals surface area contributed by atoms with E-state index < -0.39 is 0 Å². The van der Waals surface area contributed by atoms with Crippen LogP contribution in [-0.4, -0.2) is 36.1 Å². The molecule has 5 heteroatoms. The Balaban J connectivity index is 0.00000121. The average molecular weight is 342 g/mol. The van der Waals surface area contributed by atoms with Gasteiger partial charge in [0.05, 0.1) is 0 Å². The van der Waals surface area contributed by atoms with Crippen LogP contribution in [0.15, 0.2) is 42.6 Å². The van der Waals surface area contributed by atoms with Crippen molar-refractivity contribution in [1.82, 2.24) is 15.2 Å². The Morgan fingerprint density at radius 1 is 1.23 bits per heavy atom. The van der Waals surface area contributed by atoms with Gasteiger partial charge in [0.1, 0.15) is 0 Å². The molecule has 0 spiro atoms. The first-order valence-electron chi connectivity index (χ1n) is 7.41. The first-order chi connectivity index (χ1) is 9.75. The summed E-state index contributed by atoms with van der Waals surface area (Å²) in [5.74, 6) is 0. The number of halogens is 2. The summed E-state index contributed by atoms with van der Waals surface area (Å²) in [4.78, 5) is 5.91. The van der Waals surface area contributed by atoms with Gasteiger partial charge in [-0.05, 0) is 31.0 Å². The van der Waals surface area contributed by atoms with Crippen molar-refractivity contribution < 1.29 is 0 Å². The Bertz CT molecular complexity index is 603. The minimum Gasteiger partial charge on any atom is -0.361 e. The first kappa shape index (κ1) is 19.0. The van der Waals surface area contributed by atoms with Crippen molar-refractivity contribution in [3.8, 4) is 0 Å². The largest absolute Gasteiger partial charge is 0.361 e. The second kappa shape index (κ2) is 8.59. The maximum Gasteiger partial charge on any atom is 0.0457 e. The van der Waals surface area contributed by atoms with E-state index in [1.807, 2.05) is 6.20 Å². The summed E-state index contributed by atoms with van der Waals surface area (Å²) in [6, 6.07) is 9.20. The number of benzene rings is 1. The van der Waals surface area contributed by atoms with Gasteiger partial charge in [-0.3, -0.25) is 4.90 Å². The molecule has 1 aliphatic rings. The fourth-order valence-corrected chi connectivity index (χ4v) is 3.16. The molecule has 0 unspecified atom stereocenters. The van der Waals surface area contributed by atoms with Crippen LogP contribution in [0.3, 0.4) is 0 Å². The summed E-state index contributed by atoms with van der Waals surface area (Å²) in [6.45, 7) is 10.6. The number of hydrogen-bond donors (Lipinski definition) is 2. The third-order valence-corrected chi connectivity index (χ3v) is 4.12. The van der Waals surface area contributed by atoms with Crippen molar-refractivity contribution >= 4 is 35.7 Å². The zero-order chi connectivity index (χ0) is 13.9. The fraction of sp³-hybridized carbons (Fsp3) is 0.412. The molecule has 122 valence electrons. The van der Waals surface area contributed by atoms with Crippen molar-refractivity contribution in [3.63, 3.8) is 0 Å². The third kappa shape index (κ3) is 4.05. The normalized spacial score (nSPS) is 16.6. The Morgan fingerprint density at radius 3 is 2.64 bits per heavy atom. The van der Waals surface area contributed by atoms with Crippen LogP contribution >= 0.6 is 24.8 Å². The number of aromatic amines is 1. The maximum absolute atomic E-state index is 4.13. The Kier molecular flexibility index (Phi) is 7.43. The van der Waals surface area contributed by atoms with Gasteiger partial charge in [-0.25, -0.2) is 0 Å². The first-order valence-corrected chi connectivity index (χ1v) is 7.41. The van der Waals surface area contributed by atoms with Crippen molar-refractivity contribution in [2.45, 2.75) is 19.4 Å². The van der Waals surface area contributed by atoms with E-state index in [1.54, 1.807) is 0 Å². The smallest absolute Gasteiger partial charge is 0.0457 e. The molecule has 1 aliphatic heterocycles. The molecule has 3 rings (SSSR count). The highest BCUT2D eigenvalue weighted by Crippen LogP contribution is 2.32. The molecular weight excluding hydrogens is 317 g/mol. The molecule has 2 N–H and O–H groups in total. The number of nitrogens with one attached hydrogen (secondary N) is 2. The minimum absolute atomic E-state index is 0. The zero-order valence-electron chi connectivity index (χ0n) is 13.0. The van der Waals surface area contributed by atoms with Gasteiger partial charge in [0.2, 0.25) is 0 Å². The average Bonchev–Trinajstić information content (AvgIpc) is 2.94. The van der Waals surface area contributed by atoms with Crippen LogP contribution in [-0.2, 0) is 0 Å². The van der Waals surface area contributed by atoms with Crippen molar-refractivity contribution in [1.29, 1.82) is 0 Å². The molecule has 0 saturated carbocycles. The summed E-state index contributed by atoms with van der Waals surface area (Å²) < 4.78 is 0. The number of aromatic nitrogens is 1. The second-order valence-corrected chi connectivity index (χ2v) is 5.75. The summed E-state index contributed by atoms with van der Waals surface area (Å²) in [5, 5.41) is 4.78. The van der Waals surface area contributed by atoms with Gasteiger partial charge in [-0.1, -0.05) is 17.7 Å². The lowest BCUT2D eigenvalue weighted by molar-refractivity contribution is 0.173. The lowest BCUT2D eigenvalue weighted by atomic mass is 9.95. The predicted octanol–water partition coefficient (Wildman–Crippen LogP) is 3.92. The van der Waals surface area contributed by atoms with E-state index in [9.17, 15) is 0 Å². The van der Waals surface area contributed by atoms with Crippen LogP contribution < -0.4 is 5.32 Å². The van der Waals surface area contributed by atoms with Gasteiger partial charge in [0, 0.05) is 49.3 Å². The Labute approximate surface area is 145 Å². The van der Waals surface area contributed by atoms with E-state index in [0.29, 0.717) is 6.04 Å². The van der Waals surface area contributed by atoms with Crippen LogP contribution in [0.4, 0.5) is 0 Å². The van der Waals surface area contributed by atoms with E-state index in [2.05, 4.69) is 53.0 Å². The van der Waals surface area contributed by atoms with E-state index in [1.165, 1.54) is 22.0 Å². The lowest BCUT2D eigenvalue weighted by Gasteiger charge is -2.35. The third-order valence-electron chi connectivity index (χ3n) is 4.12. The molecule has 2 aromatic rings. The molecule has 0 amide bonds. The molecular formula is C17H25Cl2N3. The molecule has 22 heavy (non-hydrogen) atoms. The van der Waals surface area contributed by atoms with E-state index in [0.717, 1.165) is 32.6 Å². The molecule has 0 bridgehead atoms. The van der Waals surface area contributed by atoms with Crippen LogP contribution in [0.5, 0.6) is 0 Å². The van der Waals surface area contributed by atoms with Crippen molar-refractivity contribution in [2.75, 3.05) is 26.2 Å². The van der Waals surface area contributed by atoms with Crippen molar-refractivity contribution in [3.05, 3.63) is 48.2 Å². The van der Waals surface area contributed by atoms with Crippen molar-refractivity contribution in [2.24, 2.45) is 0 Å². The monoisotopic (exact) mass is 341 g/mol. The number of piperazine rings is 1. The standard InChI is InChI=1S/C17H23N3.2ClH/c1-13(2)12-17(20-10-8-18-9-11-20)15-4-3-5-16-14(15)6-7-19-16;;/h3-7,17-19H,1,8-12H2,2H3;2*1H/t17-;;/m1../s1. The van der Waals surface area contributed by atoms with Gasteiger partial charge >= 0.3 is 0 Å². The highest BCUT2D eigenvalue weighted by molar-refractivity contribution is 5.85. The predicted molar refractivity (Wildman–Crippen MR) is 99.4 cm³/mol. The van der Waals surface area contributed by atoms with Crippen LogP contribution in [0, 0.1) is 0 Å². The fourth-order valence-electron chi connectivity index (χ4n) is 3.16. The molecule has 1 saturated heterocycles. The summed E-state index contributed by atoms with van der Waals surface area (Å²) in [5.41, 5.74) is 3.90. The van der Waals surface area contributed by atoms with E-state index in [4.69, 9.17) is 0 Å². The molecule has 1 aromatic carbocycles. The number of H-pyrrole nitrogens is 1. The number of hydrogen-bond acceptors (Lipinski definition) is 2. The molecule has 1 aromatic heterocycles. The molecule has 0 radical (unpaired) electrons. The maximum atomic E-state index is 4.13. The molecule has 2 heterocycles. The van der Waals surface area contributed by atoms with E-state index in [-0.39, 0.29) is 24.8 Å². The summed E-state index contributed by atoms with van der Waals surface area (Å²) in [6.07, 6.45) is 3.06. The van der Waals surface area contributed by atoms with Gasteiger partial charge < -0.3 is 10.3 Å². The van der Waals surface area contributed by atoms with Crippen LogP contribution in [0.25, 0.3) is 10.9 Å². The highest BCUT2D eigenvalue weighted by Gasteiger charge is 2.23. The number of rotatable bonds is 4. The highest BCUT2D eigenvalue weighted by atomic mass is 35.5. The quantitative estimate of drug-likeness (QED) is 0.825. The SMILES string of the molecule is C=C(C)C[C@H](c1cccc2[nH]ccc12)N1CCNCC1.Cl.Cl. The van der Waals surface area contributed by atoms with Crippen LogP contribution in [0.1, 0.15) is 24.9 Å². The summed E-state index contributed by atoms with van der Waals surface area (Å²) in [7, 11) is 0. The van der Waals surface area contributed by atoms with Gasteiger partial charge in [-0.2, -0.15) is 0 Å². The zero-order valence-corrected chi connectivity index (χ0v) is 14.6. The van der Waals surface area contributed by atoms with Gasteiger partial charge in [-0.15, -0.1) is 31.4 Å². The number of fused-ring (bicyclic) bond motifs is 1. The molecule has 0 aliphatic carbocycles. The molecule has 1 fully saturated rings. The Morgan fingerprint density at radius 2 is 1.95 bits per heavy atom. The topological polar surface area (TPSA) is 31.1 Å².